The van der Waals surface area contributed by atoms with Gasteiger partial charge >= 0.3 is 0 Å². The summed E-state index contributed by atoms with van der Waals surface area (Å²) in [5.41, 5.74) is 1.20. The average molecular weight is 355 g/mol. The van der Waals surface area contributed by atoms with Crippen molar-refractivity contribution in [3.05, 3.63) is 54.0 Å². The molecule has 0 saturated carbocycles. The Morgan fingerprint density at radius 3 is 3.08 bits per heavy atom. The van der Waals surface area contributed by atoms with Gasteiger partial charge in [-0.05, 0) is 29.8 Å². The molecule has 0 bridgehead atoms. The summed E-state index contributed by atoms with van der Waals surface area (Å²) in [6, 6.07) is 11.7. The zero-order valence-corrected chi connectivity index (χ0v) is 14.6. The Hall–Kier alpha value is -2.64. The van der Waals surface area contributed by atoms with E-state index in [0.29, 0.717) is 30.6 Å². The lowest BCUT2D eigenvalue weighted by atomic mass is 10.1. The van der Waals surface area contributed by atoms with Crippen LogP contribution in [0.3, 0.4) is 0 Å². The number of morpholine rings is 1. The zero-order chi connectivity index (χ0) is 17.8. The van der Waals surface area contributed by atoms with Crippen molar-refractivity contribution in [2.24, 2.45) is 0 Å². The fourth-order valence-corrected chi connectivity index (χ4v) is 3.13. The van der Waals surface area contributed by atoms with Crippen molar-refractivity contribution in [1.29, 1.82) is 0 Å². The van der Waals surface area contributed by atoms with Crippen LogP contribution in [0.2, 0.25) is 0 Å². The molecule has 7 heteroatoms. The van der Waals surface area contributed by atoms with E-state index in [2.05, 4.69) is 27.2 Å². The first-order valence-electron chi connectivity index (χ1n) is 8.63. The van der Waals surface area contributed by atoms with Gasteiger partial charge in [0.2, 0.25) is 0 Å². The number of nitrogens with zero attached hydrogens (tertiary/aromatic N) is 3. The molecule has 0 N–H and O–H groups in total. The fraction of sp³-hybridized carbons (Fsp3) is 0.368. The molecule has 0 radical (unpaired) electrons. The molecule has 0 amide bonds. The van der Waals surface area contributed by atoms with E-state index in [4.69, 9.17) is 18.4 Å². The van der Waals surface area contributed by atoms with Crippen molar-refractivity contribution in [1.82, 2.24) is 15.0 Å². The summed E-state index contributed by atoms with van der Waals surface area (Å²) in [6.07, 6.45) is 2.56. The molecule has 1 unspecified atom stereocenters. The number of rotatable bonds is 6. The van der Waals surface area contributed by atoms with E-state index in [1.165, 1.54) is 5.56 Å². The number of aromatic nitrogens is 2. The van der Waals surface area contributed by atoms with Gasteiger partial charge < -0.3 is 18.4 Å². The van der Waals surface area contributed by atoms with Crippen LogP contribution in [-0.4, -0.2) is 48.0 Å². The van der Waals surface area contributed by atoms with Gasteiger partial charge in [0.1, 0.15) is 5.75 Å². The third-order valence-electron chi connectivity index (χ3n) is 4.39. The van der Waals surface area contributed by atoms with Crippen LogP contribution >= 0.6 is 0 Å². The summed E-state index contributed by atoms with van der Waals surface area (Å²) in [5.74, 6) is 2.51. The van der Waals surface area contributed by atoms with Crippen molar-refractivity contribution < 1.29 is 18.4 Å². The predicted octanol–water partition coefficient (Wildman–Crippen LogP) is 2.78. The van der Waals surface area contributed by atoms with E-state index in [1.54, 1.807) is 25.5 Å². The lowest BCUT2D eigenvalue weighted by Crippen LogP contribution is -2.43. The molecule has 3 aromatic rings. The second-order valence-corrected chi connectivity index (χ2v) is 6.28. The highest BCUT2D eigenvalue weighted by molar-refractivity contribution is 5.42. The van der Waals surface area contributed by atoms with E-state index in [9.17, 15) is 0 Å². The summed E-state index contributed by atoms with van der Waals surface area (Å²) in [7, 11) is 1.68. The number of hydrogen-bond acceptors (Lipinski definition) is 7. The van der Waals surface area contributed by atoms with E-state index in [-0.39, 0.29) is 6.10 Å². The van der Waals surface area contributed by atoms with Gasteiger partial charge in [0, 0.05) is 19.5 Å². The molecule has 26 heavy (non-hydrogen) atoms. The average Bonchev–Trinajstić information content (AvgIpc) is 3.34. The van der Waals surface area contributed by atoms with Crippen LogP contribution in [0, 0.1) is 0 Å². The molecule has 7 nitrogen and oxygen atoms in total. The lowest BCUT2D eigenvalue weighted by molar-refractivity contribution is -0.0314. The number of methoxy groups -OCH3 is 1. The van der Waals surface area contributed by atoms with Crippen molar-refractivity contribution >= 4 is 0 Å². The van der Waals surface area contributed by atoms with Crippen LogP contribution in [0.15, 0.2) is 51.6 Å². The smallest absolute Gasteiger partial charge is 0.293 e. The summed E-state index contributed by atoms with van der Waals surface area (Å²) < 4.78 is 21.8. The Balaban J connectivity index is 1.36. The normalized spacial score (nSPS) is 18.1. The quantitative estimate of drug-likeness (QED) is 0.673. The number of hydrogen-bond donors (Lipinski definition) is 0. The van der Waals surface area contributed by atoms with E-state index >= 15 is 0 Å². The molecule has 1 saturated heterocycles. The van der Waals surface area contributed by atoms with Crippen LogP contribution in [0.25, 0.3) is 11.7 Å². The Kier molecular flexibility index (Phi) is 4.99. The number of benzene rings is 1. The third kappa shape index (κ3) is 3.95. The minimum Gasteiger partial charge on any atom is -0.497 e. The first kappa shape index (κ1) is 16.8. The third-order valence-corrected chi connectivity index (χ3v) is 4.39. The fourth-order valence-electron chi connectivity index (χ4n) is 3.13. The standard InChI is InChI=1S/C19H21N3O4/c1-23-15-5-2-4-14(10-15)11-16-12-22(7-9-24-16)13-18-20-19(26-21-18)17-6-3-8-25-17/h2-6,8,10,16H,7,9,11-13H2,1H3. The van der Waals surface area contributed by atoms with Gasteiger partial charge in [-0.25, -0.2) is 0 Å². The van der Waals surface area contributed by atoms with E-state index < -0.39 is 0 Å². The highest BCUT2D eigenvalue weighted by Gasteiger charge is 2.23. The largest absolute Gasteiger partial charge is 0.497 e. The monoisotopic (exact) mass is 355 g/mol. The Labute approximate surface area is 151 Å². The predicted molar refractivity (Wildman–Crippen MR) is 93.7 cm³/mol. The molecule has 1 aliphatic heterocycles. The maximum atomic E-state index is 5.93. The van der Waals surface area contributed by atoms with Gasteiger partial charge in [0.25, 0.3) is 5.89 Å². The molecule has 4 rings (SSSR count). The topological polar surface area (TPSA) is 73.8 Å². The van der Waals surface area contributed by atoms with Crippen molar-refractivity contribution in [2.75, 3.05) is 26.8 Å². The second-order valence-electron chi connectivity index (χ2n) is 6.28. The highest BCUT2D eigenvalue weighted by atomic mass is 16.5. The molecule has 2 aromatic heterocycles. The van der Waals surface area contributed by atoms with Crippen LogP contribution in [0.5, 0.6) is 5.75 Å². The van der Waals surface area contributed by atoms with Crippen LogP contribution in [-0.2, 0) is 17.7 Å². The van der Waals surface area contributed by atoms with Gasteiger partial charge in [0.05, 0.1) is 32.6 Å². The van der Waals surface area contributed by atoms with Crippen LogP contribution < -0.4 is 4.74 Å². The SMILES string of the molecule is COc1cccc(CC2CN(Cc3noc(-c4ccco4)n3)CCO2)c1. The summed E-state index contributed by atoms with van der Waals surface area (Å²) >= 11 is 0. The van der Waals surface area contributed by atoms with Crippen LogP contribution in [0.1, 0.15) is 11.4 Å². The van der Waals surface area contributed by atoms with Gasteiger partial charge in [-0.15, -0.1) is 0 Å². The minimum atomic E-state index is 0.132. The zero-order valence-electron chi connectivity index (χ0n) is 14.6. The number of furan rings is 1. The van der Waals surface area contributed by atoms with Crippen molar-refractivity contribution in [3.63, 3.8) is 0 Å². The lowest BCUT2D eigenvalue weighted by Gasteiger charge is -2.32. The first-order chi connectivity index (χ1) is 12.8. The second kappa shape index (κ2) is 7.72. The summed E-state index contributed by atoms with van der Waals surface area (Å²) in [4.78, 5) is 6.69. The molecule has 0 aliphatic carbocycles. The Bertz CT molecular complexity index is 831. The molecular formula is C19H21N3O4. The molecule has 1 aliphatic rings. The minimum absolute atomic E-state index is 0.132. The molecule has 1 atom stereocenters. The molecule has 1 fully saturated rings. The molecule has 1 aromatic carbocycles. The highest BCUT2D eigenvalue weighted by Crippen LogP contribution is 2.20. The Morgan fingerprint density at radius 2 is 2.23 bits per heavy atom. The molecular weight excluding hydrogens is 334 g/mol. The van der Waals surface area contributed by atoms with Gasteiger partial charge in [-0.2, -0.15) is 4.98 Å². The maximum absolute atomic E-state index is 5.93. The van der Waals surface area contributed by atoms with Crippen LogP contribution in [0.4, 0.5) is 0 Å². The maximum Gasteiger partial charge on any atom is 0.293 e. The number of ether oxygens (including phenoxy) is 2. The van der Waals surface area contributed by atoms with E-state index in [1.807, 2.05) is 12.1 Å². The van der Waals surface area contributed by atoms with Crippen molar-refractivity contribution in [2.45, 2.75) is 19.1 Å². The van der Waals surface area contributed by atoms with E-state index in [0.717, 1.165) is 25.3 Å². The van der Waals surface area contributed by atoms with Gasteiger partial charge in [-0.1, -0.05) is 17.3 Å². The Morgan fingerprint density at radius 1 is 1.27 bits per heavy atom. The molecule has 136 valence electrons. The first-order valence-corrected chi connectivity index (χ1v) is 8.63. The van der Waals surface area contributed by atoms with Crippen molar-refractivity contribution in [3.8, 4) is 17.4 Å². The summed E-state index contributed by atoms with van der Waals surface area (Å²) in [5, 5.41) is 4.05. The van der Waals surface area contributed by atoms with Gasteiger partial charge in [0.15, 0.2) is 11.6 Å². The molecule has 0 spiro atoms. The molecule has 3 heterocycles. The summed E-state index contributed by atoms with van der Waals surface area (Å²) in [6.45, 7) is 2.99. The van der Waals surface area contributed by atoms with Gasteiger partial charge in [-0.3, -0.25) is 4.90 Å².